The van der Waals surface area contributed by atoms with E-state index < -0.39 is 0 Å². The van der Waals surface area contributed by atoms with Crippen molar-refractivity contribution in [3.8, 4) is 0 Å². The Hall–Kier alpha value is -1.40. The molecule has 1 aliphatic rings. The van der Waals surface area contributed by atoms with Gasteiger partial charge < -0.3 is 15.4 Å². The van der Waals surface area contributed by atoms with E-state index in [-0.39, 0.29) is 24.3 Å². The highest BCUT2D eigenvalue weighted by atomic mass is 79.9. The van der Waals surface area contributed by atoms with Crippen LogP contribution >= 0.6 is 15.9 Å². The molecule has 0 bridgehead atoms. The predicted octanol–water partition coefficient (Wildman–Crippen LogP) is 1.86. The molecule has 6 heteroatoms. The summed E-state index contributed by atoms with van der Waals surface area (Å²) in [4.78, 5) is 23.5. The first-order valence-electron chi connectivity index (χ1n) is 7.07. The number of amides is 2. The van der Waals surface area contributed by atoms with Crippen molar-refractivity contribution < 1.29 is 14.3 Å². The first-order chi connectivity index (χ1) is 10.1. The van der Waals surface area contributed by atoms with Crippen LogP contribution in [0.2, 0.25) is 0 Å². The lowest BCUT2D eigenvalue weighted by Gasteiger charge is -2.11. The molecule has 1 aromatic carbocycles. The van der Waals surface area contributed by atoms with E-state index in [1.165, 1.54) is 0 Å². The molecule has 2 N–H and O–H groups in total. The summed E-state index contributed by atoms with van der Waals surface area (Å²) in [7, 11) is 0. The van der Waals surface area contributed by atoms with Crippen LogP contribution in [0.5, 0.6) is 0 Å². The van der Waals surface area contributed by atoms with Gasteiger partial charge in [-0.2, -0.15) is 0 Å². The van der Waals surface area contributed by atoms with Crippen molar-refractivity contribution >= 4 is 27.7 Å². The van der Waals surface area contributed by atoms with Gasteiger partial charge in [0, 0.05) is 36.2 Å². The Morgan fingerprint density at radius 1 is 1.24 bits per heavy atom. The number of carbonyl (C=O) groups is 2. The molecule has 0 aliphatic carbocycles. The number of hydrogen-bond donors (Lipinski definition) is 2. The standard InChI is InChI=1S/C15H19BrN2O3/c16-12-5-3-11(4-6-12)15(20)17-8-7-14(19)18-10-13-2-1-9-21-13/h3-6,13H,1-2,7-10H2,(H,17,20)(H,18,19)/t13-/m1/s1. The van der Waals surface area contributed by atoms with Crippen LogP contribution in [0, 0.1) is 0 Å². The largest absolute Gasteiger partial charge is 0.376 e. The molecular formula is C15H19BrN2O3. The molecule has 0 spiro atoms. The van der Waals surface area contributed by atoms with Crippen molar-refractivity contribution in [1.29, 1.82) is 0 Å². The monoisotopic (exact) mass is 354 g/mol. The number of nitrogens with one attached hydrogen (secondary N) is 2. The first kappa shape index (κ1) is 16.0. The fraction of sp³-hybridized carbons (Fsp3) is 0.467. The first-order valence-corrected chi connectivity index (χ1v) is 7.86. The van der Waals surface area contributed by atoms with Gasteiger partial charge in [0.15, 0.2) is 0 Å². The fourth-order valence-corrected chi connectivity index (χ4v) is 2.38. The summed E-state index contributed by atoms with van der Waals surface area (Å²) in [5, 5.41) is 5.56. The number of halogens is 1. The van der Waals surface area contributed by atoms with E-state index in [0.717, 1.165) is 23.9 Å². The molecular weight excluding hydrogens is 336 g/mol. The lowest BCUT2D eigenvalue weighted by atomic mass is 10.2. The van der Waals surface area contributed by atoms with Gasteiger partial charge in [-0.05, 0) is 37.1 Å². The van der Waals surface area contributed by atoms with Crippen molar-refractivity contribution in [3.63, 3.8) is 0 Å². The number of carbonyl (C=O) groups excluding carboxylic acids is 2. The van der Waals surface area contributed by atoms with E-state index in [9.17, 15) is 9.59 Å². The van der Waals surface area contributed by atoms with E-state index in [1.807, 2.05) is 12.1 Å². The summed E-state index contributed by atoms with van der Waals surface area (Å²) >= 11 is 3.32. The molecule has 0 unspecified atom stereocenters. The lowest BCUT2D eigenvalue weighted by Crippen LogP contribution is -2.34. The summed E-state index contributed by atoms with van der Waals surface area (Å²) in [6.45, 7) is 1.66. The molecule has 0 aromatic heterocycles. The second-order valence-electron chi connectivity index (χ2n) is 4.95. The molecule has 1 aromatic rings. The molecule has 114 valence electrons. The van der Waals surface area contributed by atoms with Crippen LogP contribution in [0.15, 0.2) is 28.7 Å². The van der Waals surface area contributed by atoms with Crippen molar-refractivity contribution in [2.45, 2.75) is 25.4 Å². The molecule has 2 rings (SSSR count). The zero-order valence-electron chi connectivity index (χ0n) is 11.7. The molecule has 1 aliphatic heterocycles. The molecule has 5 nitrogen and oxygen atoms in total. The zero-order valence-corrected chi connectivity index (χ0v) is 13.3. The summed E-state index contributed by atoms with van der Waals surface area (Å²) in [6.07, 6.45) is 2.48. The minimum absolute atomic E-state index is 0.0680. The Morgan fingerprint density at radius 2 is 2.00 bits per heavy atom. The molecule has 1 heterocycles. The highest BCUT2D eigenvalue weighted by molar-refractivity contribution is 9.10. The second kappa shape index (κ2) is 8.14. The Labute approximate surface area is 132 Å². The van der Waals surface area contributed by atoms with Crippen molar-refractivity contribution in [3.05, 3.63) is 34.3 Å². The molecule has 1 saturated heterocycles. The predicted molar refractivity (Wildman–Crippen MR) is 83.1 cm³/mol. The maximum absolute atomic E-state index is 11.8. The van der Waals surface area contributed by atoms with Crippen LogP contribution in [0.4, 0.5) is 0 Å². The van der Waals surface area contributed by atoms with E-state index in [4.69, 9.17) is 4.74 Å². The number of ether oxygens (including phenoxy) is 1. The van der Waals surface area contributed by atoms with Gasteiger partial charge in [0.1, 0.15) is 0 Å². The van der Waals surface area contributed by atoms with Gasteiger partial charge in [-0.3, -0.25) is 9.59 Å². The van der Waals surface area contributed by atoms with Crippen molar-refractivity contribution in [2.75, 3.05) is 19.7 Å². The molecule has 0 radical (unpaired) electrons. The van der Waals surface area contributed by atoms with E-state index in [2.05, 4.69) is 26.6 Å². The Bertz CT molecular complexity index is 484. The maximum Gasteiger partial charge on any atom is 0.251 e. The second-order valence-corrected chi connectivity index (χ2v) is 5.87. The zero-order chi connectivity index (χ0) is 15.1. The lowest BCUT2D eigenvalue weighted by molar-refractivity contribution is -0.121. The number of hydrogen-bond acceptors (Lipinski definition) is 3. The minimum Gasteiger partial charge on any atom is -0.376 e. The Kier molecular flexibility index (Phi) is 6.20. The van der Waals surface area contributed by atoms with E-state index in [1.54, 1.807) is 12.1 Å². The van der Waals surface area contributed by atoms with Crippen molar-refractivity contribution in [1.82, 2.24) is 10.6 Å². The van der Waals surface area contributed by atoms with Gasteiger partial charge in [-0.15, -0.1) is 0 Å². The molecule has 0 saturated carbocycles. The van der Waals surface area contributed by atoms with Crippen LogP contribution in [0.25, 0.3) is 0 Å². The quantitative estimate of drug-likeness (QED) is 0.819. The maximum atomic E-state index is 11.8. The molecule has 1 fully saturated rings. The van der Waals surface area contributed by atoms with Crippen LogP contribution in [-0.4, -0.2) is 37.6 Å². The van der Waals surface area contributed by atoms with Gasteiger partial charge in [0.05, 0.1) is 6.10 Å². The summed E-state index contributed by atoms with van der Waals surface area (Å²) in [5.74, 6) is -0.240. The topological polar surface area (TPSA) is 67.4 Å². The third-order valence-corrected chi connectivity index (χ3v) is 3.82. The van der Waals surface area contributed by atoms with Crippen LogP contribution in [-0.2, 0) is 9.53 Å². The van der Waals surface area contributed by atoms with Gasteiger partial charge in [0.2, 0.25) is 5.91 Å². The minimum atomic E-state index is -0.172. The van der Waals surface area contributed by atoms with Gasteiger partial charge in [-0.1, -0.05) is 15.9 Å². The third kappa shape index (κ3) is 5.47. The molecule has 21 heavy (non-hydrogen) atoms. The SMILES string of the molecule is O=C(CCNC(=O)c1ccc(Br)cc1)NC[C@H]1CCCO1. The summed E-state index contributed by atoms with van der Waals surface area (Å²) in [5.41, 5.74) is 0.581. The third-order valence-electron chi connectivity index (χ3n) is 3.29. The van der Waals surface area contributed by atoms with Crippen LogP contribution in [0.3, 0.4) is 0 Å². The van der Waals surface area contributed by atoms with E-state index >= 15 is 0 Å². The van der Waals surface area contributed by atoms with Gasteiger partial charge in [0.25, 0.3) is 5.91 Å². The highest BCUT2D eigenvalue weighted by Gasteiger charge is 2.16. The van der Waals surface area contributed by atoms with Crippen LogP contribution < -0.4 is 10.6 Å². The molecule has 2 amide bonds. The average molecular weight is 355 g/mol. The van der Waals surface area contributed by atoms with Crippen molar-refractivity contribution in [2.24, 2.45) is 0 Å². The highest BCUT2D eigenvalue weighted by Crippen LogP contribution is 2.11. The summed E-state index contributed by atoms with van der Waals surface area (Å²) in [6, 6.07) is 7.08. The van der Waals surface area contributed by atoms with E-state index in [0.29, 0.717) is 18.7 Å². The molecule has 1 atom stereocenters. The van der Waals surface area contributed by atoms with Crippen LogP contribution in [0.1, 0.15) is 29.6 Å². The average Bonchev–Trinajstić information content (AvgIpc) is 2.99. The van der Waals surface area contributed by atoms with Gasteiger partial charge in [-0.25, -0.2) is 0 Å². The number of benzene rings is 1. The fourth-order valence-electron chi connectivity index (χ4n) is 2.11. The number of rotatable bonds is 6. The summed E-state index contributed by atoms with van der Waals surface area (Å²) < 4.78 is 6.35. The van der Waals surface area contributed by atoms with Gasteiger partial charge >= 0.3 is 0 Å². The Morgan fingerprint density at radius 3 is 2.67 bits per heavy atom. The Balaban J connectivity index is 1.62. The normalized spacial score (nSPS) is 17.5. The smallest absolute Gasteiger partial charge is 0.251 e.